The molecule has 0 bridgehead atoms. The van der Waals surface area contributed by atoms with Gasteiger partial charge in [-0.25, -0.2) is 0 Å². The predicted octanol–water partition coefficient (Wildman–Crippen LogP) is 3.40. The Morgan fingerprint density at radius 3 is 1.48 bits per heavy atom. The molecule has 2 rings (SSSR count). The lowest BCUT2D eigenvalue weighted by Gasteiger charge is -2.62. The molecule has 2 saturated carbocycles. The van der Waals surface area contributed by atoms with Crippen molar-refractivity contribution in [3.8, 4) is 0 Å². The Hall–Kier alpha value is -0.170. The highest BCUT2D eigenvalue weighted by Gasteiger charge is 3.03. The first-order chi connectivity index (χ1) is 9.81. The molecule has 130 valence electrons. The average Bonchev–Trinajstić information content (AvgIpc) is 2.81. The van der Waals surface area contributed by atoms with E-state index in [0.29, 0.717) is 0 Å². The van der Waals surface area contributed by atoms with Gasteiger partial charge >= 0.3 is 0 Å². The number of hydrogen-bond donors (Lipinski definition) is 1. The molecule has 2 aliphatic rings. The fourth-order valence-electron chi connectivity index (χ4n) is 8.30. The Bertz CT molecular complexity index is 537. The lowest BCUT2D eigenvalue weighted by molar-refractivity contribution is -0.0512. The molecule has 3 heteroatoms. The van der Waals surface area contributed by atoms with Crippen LogP contribution in [0.5, 0.6) is 0 Å². The van der Waals surface area contributed by atoms with E-state index in [1.165, 1.54) is 0 Å². The topological polar surface area (TPSA) is 26.0 Å². The largest absolute Gasteiger partial charge is 0.332 e. The minimum absolute atomic E-state index is 0.00694. The van der Waals surface area contributed by atoms with E-state index in [1.807, 2.05) is 0 Å². The highest BCUT2D eigenvalue weighted by molar-refractivity contribution is 6.21. The number of allylic oxidation sites excluding steroid dienone is 1. The fourth-order valence-corrected chi connectivity index (χ4v) is 8.30. The van der Waals surface area contributed by atoms with E-state index in [4.69, 9.17) is 5.73 Å². The Kier molecular flexibility index (Phi) is 3.31. The lowest BCUT2D eigenvalue weighted by Crippen LogP contribution is -2.60. The molecule has 2 fully saturated rings. The molecule has 0 spiro atoms. The van der Waals surface area contributed by atoms with Crippen LogP contribution in [0.2, 0.25) is 5.31 Å². The minimum Gasteiger partial charge on any atom is -0.332 e. The second kappa shape index (κ2) is 3.97. The van der Waals surface area contributed by atoms with Gasteiger partial charge in [-0.05, 0) is 37.8 Å². The van der Waals surface area contributed by atoms with Crippen molar-refractivity contribution in [1.29, 1.82) is 0 Å². The molecule has 1 nitrogen and oxygen atoms in total. The van der Waals surface area contributed by atoms with Crippen LogP contribution in [0.1, 0.15) is 69.2 Å². The molecule has 0 saturated heterocycles. The number of rotatable bonds is 3. The van der Waals surface area contributed by atoms with Crippen LogP contribution >= 0.6 is 0 Å². The standard InChI is InChI=1S/C20H39B2N/c1-12-15(7,13(2,3)4)20(19(11,22)23)16(8)14(5,6)18(10,21)17(16,20)9/h12H,1,21-23H2,2-11H3. The normalized spacial score (nSPS) is 50.0. The zero-order valence-electron chi connectivity index (χ0n) is 17.9. The number of fused-ring (bicyclic) bond motifs is 1. The van der Waals surface area contributed by atoms with E-state index in [9.17, 15) is 0 Å². The van der Waals surface area contributed by atoms with E-state index in [1.54, 1.807) is 0 Å². The Morgan fingerprint density at radius 2 is 1.30 bits per heavy atom. The second-order valence-electron chi connectivity index (χ2n) is 11.6. The van der Waals surface area contributed by atoms with Gasteiger partial charge in [0.15, 0.2) is 0 Å². The Labute approximate surface area is 147 Å². The second-order valence-corrected chi connectivity index (χ2v) is 11.6. The van der Waals surface area contributed by atoms with Gasteiger partial charge in [-0.2, -0.15) is 0 Å². The molecule has 6 unspecified atom stereocenters. The highest BCUT2D eigenvalue weighted by atomic mass is 15.1. The van der Waals surface area contributed by atoms with Crippen molar-refractivity contribution < 1.29 is 0 Å². The molecule has 2 aliphatic carbocycles. The first-order valence-electron chi connectivity index (χ1n) is 9.24. The zero-order chi connectivity index (χ0) is 18.7. The Morgan fingerprint density at radius 1 is 0.913 bits per heavy atom. The SMILES string of the molecule is BC(C)(N)C1(C(C)(C=C)C(C)(C)C)C2(C)C(B)(C)C(C)(C)C21C. The van der Waals surface area contributed by atoms with Gasteiger partial charge in [0.05, 0.1) is 0 Å². The van der Waals surface area contributed by atoms with Crippen LogP contribution in [0, 0.1) is 32.5 Å². The quantitative estimate of drug-likeness (QED) is 0.627. The molecular weight excluding hydrogens is 276 g/mol. The minimum atomic E-state index is -0.280. The smallest absolute Gasteiger partial charge is 0.127 e. The summed E-state index contributed by atoms with van der Waals surface area (Å²) in [7, 11) is 4.70. The summed E-state index contributed by atoms with van der Waals surface area (Å²) in [5, 5.41) is 0.237. The van der Waals surface area contributed by atoms with Crippen molar-refractivity contribution in [2.75, 3.05) is 0 Å². The van der Waals surface area contributed by atoms with Crippen LogP contribution < -0.4 is 5.73 Å². The molecule has 0 radical (unpaired) electrons. The van der Waals surface area contributed by atoms with Gasteiger partial charge in [0.25, 0.3) is 0 Å². The maximum atomic E-state index is 7.02. The van der Waals surface area contributed by atoms with E-state index in [0.717, 1.165) is 0 Å². The van der Waals surface area contributed by atoms with Crippen molar-refractivity contribution in [2.24, 2.45) is 38.2 Å². The third-order valence-corrected chi connectivity index (χ3v) is 10.2. The van der Waals surface area contributed by atoms with Crippen molar-refractivity contribution >= 4 is 15.7 Å². The van der Waals surface area contributed by atoms with Gasteiger partial charge in [0.2, 0.25) is 0 Å². The molecule has 0 aliphatic heterocycles. The van der Waals surface area contributed by atoms with Crippen LogP contribution in [0.3, 0.4) is 0 Å². The third-order valence-electron chi connectivity index (χ3n) is 10.2. The first-order valence-corrected chi connectivity index (χ1v) is 9.24. The summed E-state index contributed by atoms with van der Waals surface area (Å²) in [6.07, 6.45) is 2.22. The van der Waals surface area contributed by atoms with Gasteiger partial charge in [0.1, 0.15) is 15.7 Å². The molecule has 0 aromatic heterocycles. The van der Waals surface area contributed by atoms with Crippen molar-refractivity contribution in [1.82, 2.24) is 0 Å². The third kappa shape index (κ3) is 1.28. The van der Waals surface area contributed by atoms with E-state index in [2.05, 4.69) is 97.6 Å². The van der Waals surface area contributed by atoms with Gasteiger partial charge in [-0.1, -0.05) is 75.3 Å². The van der Waals surface area contributed by atoms with Crippen molar-refractivity contribution in [3.05, 3.63) is 12.7 Å². The predicted molar refractivity (Wildman–Crippen MR) is 108 cm³/mol. The van der Waals surface area contributed by atoms with E-state index in [-0.39, 0.29) is 43.2 Å². The van der Waals surface area contributed by atoms with E-state index >= 15 is 0 Å². The molecule has 0 heterocycles. The Balaban J connectivity index is 2.93. The number of hydrogen-bond acceptors (Lipinski definition) is 1. The van der Waals surface area contributed by atoms with Crippen LogP contribution in [0.4, 0.5) is 0 Å². The van der Waals surface area contributed by atoms with Gasteiger partial charge < -0.3 is 5.73 Å². The number of nitrogens with two attached hydrogens (primary N) is 1. The lowest BCUT2D eigenvalue weighted by atomic mass is 9.34. The molecular formula is C20H39B2N. The van der Waals surface area contributed by atoms with Crippen LogP contribution in [-0.4, -0.2) is 21.1 Å². The molecule has 0 aromatic carbocycles. The van der Waals surface area contributed by atoms with Gasteiger partial charge in [-0.15, -0.1) is 6.58 Å². The van der Waals surface area contributed by atoms with Crippen LogP contribution in [-0.2, 0) is 0 Å². The molecule has 2 N–H and O–H groups in total. The highest BCUT2D eigenvalue weighted by Crippen LogP contribution is 3.07. The van der Waals surface area contributed by atoms with Crippen LogP contribution in [0.25, 0.3) is 0 Å². The monoisotopic (exact) mass is 315 g/mol. The van der Waals surface area contributed by atoms with Crippen molar-refractivity contribution in [2.45, 2.75) is 80.0 Å². The summed E-state index contributed by atoms with van der Waals surface area (Å²) in [5.41, 5.74) is 7.43. The fraction of sp³-hybridized carbons (Fsp3) is 0.900. The molecule has 23 heavy (non-hydrogen) atoms. The maximum Gasteiger partial charge on any atom is 0.127 e. The van der Waals surface area contributed by atoms with Gasteiger partial charge in [-0.3, -0.25) is 0 Å². The first kappa shape index (κ1) is 19.2. The average molecular weight is 315 g/mol. The summed E-state index contributed by atoms with van der Waals surface area (Å²) in [4.78, 5) is 0. The summed E-state index contributed by atoms with van der Waals surface area (Å²) in [6, 6.07) is 0. The summed E-state index contributed by atoms with van der Waals surface area (Å²) in [5.74, 6) is 0. The zero-order valence-corrected chi connectivity index (χ0v) is 17.9. The molecule has 6 atom stereocenters. The van der Waals surface area contributed by atoms with Crippen LogP contribution in [0.15, 0.2) is 12.7 Å². The molecule has 0 aromatic rings. The van der Waals surface area contributed by atoms with E-state index < -0.39 is 0 Å². The molecule has 0 amide bonds. The van der Waals surface area contributed by atoms with Crippen molar-refractivity contribution in [3.63, 3.8) is 0 Å². The van der Waals surface area contributed by atoms with Gasteiger partial charge in [0, 0.05) is 5.41 Å². The maximum absolute atomic E-state index is 7.02. The summed E-state index contributed by atoms with van der Waals surface area (Å²) >= 11 is 0. The summed E-state index contributed by atoms with van der Waals surface area (Å²) in [6.45, 7) is 28.4. The summed E-state index contributed by atoms with van der Waals surface area (Å²) < 4.78 is 0.